The number of thiophene rings is 1. The Morgan fingerprint density at radius 3 is 1.16 bits per heavy atom. The molecular formula is C66H44N2S. The van der Waals surface area contributed by atoms with Crippen LogP contribution < -0.4 is 4.90 Å². The van der Waals surface area contributed by atoms with E-state index in [1.807, 2.05) is 11.3 Å². The Balaban J connectivity index is 0.847. The molecule has 13 aromatic rings. The molecule has 0 fully saturated rings. The maximum atomic E-state index is 2.39. The van der Waals surface area contributed by atoms with Crippen molar-refractivity contribution >= 4 is 70.4 Å². The maximum absolute atomic E-state index is 2.39. The van der Waals surface area contributed by atoms with Crippen LogP contribution in [-0.2, 0) is 0 Å². The Morgan fingerprint density at radius 1 is 0.246 bits per heavy atom. The lowest BCUT2D eigenvalue weighted by molar-refractivity contribution is 1.18. The Hall–Kier alpha value is -8.76. The van der Waals surface area contributed by atoms with Crippen LogP contribution in [0.4, 0.5) is 17.1 Å². The third-order valence-electron chi connectivity index (χ3n) is 13.7. The van der Waals surface area contributed by atoms with E-state index in [1.54, 1.807) is 0 Å². The van der Waals surface area contributed by atoms with Crippen LogP contribution in [0.25, 0.3) is 103 Å². The summed E-state index contributed by atoms with van der Waals surface area (Å²) in [7, 11) is 0. The molecule has 0 saturated heterocycles. The van der Waals surface area contributed by atoms with E-state index in [0.717, 1.165) is 22.7 Å². The molecule has 0 saturated carbocycles. The smallest absolute Gasteiger partial charge is 0.0541 e. The maximum Gasteiger partial charge on any atom is 0.0541 e. The number of hydrogen-bond acceptors (Lipinski definition) is 2. The monoisotopic (exact) mass is 896 g/mol. The van der Waals surface area contributed by atoms with E-state index in [9.17, 15) is 0 Å². The minimum absolute atomic E-state index is 1.09. The van der Waals surface area contributed by atoms with Crippen molar-refractivity contribution in [3.63, 3.8) is 0 Å². The van der Waals surface area contributed by atoms with Gasteiger partial charge in [0.05, 0.1) is 11.0 Å². The van der Waals surface area contributed by atoms with Crippen molar-refractivity contribution in [1.29, 1.82) is 0 Å². The predicted octanol–water partition coefficient (Wildman–Crippen LogP) is 19.0. The van der Waals surface area contributed by atoms with Gasteiger partial charge in [0.15, 0.2) is 0 Å². The number of benzene rings is 11. The first-order valence-corrected chi connectivity index (χ1v) is 24.4. The van der Waals surface area contributed by atoms with Gasteiger partial charge in [-0.25, -0.2) is 0 Å². The minimum atomic E-state index is 1.09. The van der Waals surface area contributed by atoms with Gasteiger partial charge in [0.2, 0.25) is 0 Å². The molecule has 2 aromatic heterocycles. The Bertz CT molecular complexity index is 3940. The third-order valence-corrected chi connectivity index (χ3v) is 14.8. The number of anilines is 3. The van der Waals surface area contributed by atoms with Gasteiger partial charge in [-0.15, -0.1) is 11.3 Å². The lowest BCUT2D eigenvalue weighted by Crippen LogP contribution is -2.09. The fraction of sp³-hybridized carbons (Fsp3) is 0. The van der Waals surface area contributed by atoms with E-state index >= 15 is 0 Å². The number of rotatable bonds is 9. The number of nitrogens with zero attached hydrogens (tertiary/aromatic N) is 2. The van der Waals surface area contributed by atoms with Crippen LogP contribution >= 0.6 is 11.3 Å². The molecule has 0 aliphatic carbocycles. The van der Waals surface area contributed by atoms with Crippen molar-refractivity contribution in [3.05, 3.63) is 267 Å². The molecule has 69 heavy (non-hydrogen) atoms. The molecule has 324 valence electrons. The molecule has 0 radical (unpaired) electrons. The van der Waals surface area contributed by atoms with E-state index in [1.165, 1.54) is 97.6 Å². The van der Waals surface area contributed by atoms with E-state index in [0.29, 0.717) is 0 Å². The molecular weight excluding hydrogens is 853 g/mol. The van der Waals surface area contributed by atoms with E-state index in [-0.39, 0.29) is 0 Å². The van der Waals surface area contributed by atoms with E-state index in [4.69, 9.17) is 0 Å². The Morgan fingerprint density at radius 2 is 0.609 bits per heavy atom. The zero-order valence-electron chi connectivity index (χ0n) is 37.7. The number of hydrogen-bond donors (Lipinski definition) is 0. The van der Waals surface area contributed by atoms with Crippen LogP contribution in [0.2, 0.25) is 0 Å². The molecule has 2 nitrogen and oxygen atoms in total. The van der Waals surface area contributed by atoms with Gasteiger partial charge in [0, 0.05) is 53.7 Å². The fourth-order valence-electron chi connectivity index (χ4n) is 10.1. The molecule has 3 heteroatoms. The SMILES string of the molecule is c1ccc(-c2ccc(-c3ccc(N(c4ccc(-c5ccc6sc7ccccc7c6c5)cc4)c4ccc(-c5ccc6c(c5)c5ccccc5n6-c5ccc(-c6ccccc6)cc5)cc4)cc3)cc2)cc1. The van der Waals surface area contributed by atoms with Gasteiger partial charge in [-0.05, 0) is 141 Å². The van der Waals surface area contributed by atoms with Crippen LogP contribution in [0.1, 0.15) is 0 Å². The van der Waals surface area contributed by atoms with Crippen LogP contribution in [-0.4, -0.2) is 4.57 Å². The van der Waals surface area contributed by atoms with Gasteiger partial charge in [-0.1, -0.05) is 182 Å². The van der Waals surface area contributed by atoms with Crippen molar-refractivity contribution in [2.24, 2.45) is 0 Å². The predicted molar refractivity (Wildman–Crippen MR) is 296 cm³/mol. The Labute approximate surface area is 405 Å². The average molecular weight is 897 g/mol. The van der Waals surface area contributed by atoms with Gasteiger partial charge >= 0.3 is 0 Å². The normalized spacial score (nSPS) is 11.5. The number of fused-ring (bicyclic) bond motifs is 6. The molecule has 0 N–H and O–H groups in total. The van der Waals surface area contributed by atoms with Crippen molar-refractivity contribution in [1.82, 2.24) is 4.57 Å². The summed E-state index contributed by atoms with van der Waals surface area (Å²) in [4.78, 5) is 2.37. The second-order valence-corrected chi connectivity index (χ2v) is 18.8. The van der Waals surface area contributed by atoms with Crippen LogP contribution in [0.3, 0.4) is 0 Å². The second kappa shape index (κ2) is 17.2. The lowest BCUT2D eigenvalue weighted by atomic mass is 9.99. The molecule has 0 bridgehead atoms. The fourth-order valence-corrected chi connectivity index (χ4v) is 11.2. The topological polar surface area (TPSA) is 8.17 Å². The first-order chi connectivity index (χ1) is 34.2. The quantitative estimate of drug-likeness (QED) is 0.140. The van der Waals surface area contributed by atoms with Gasteiger partial charge in [-0.2, -0.15) is 0 Å². The lowest BCUT2D eigenvalue weighted by Gasteiger charge is -2.26. The standard InChI is InChI=1S/C66H44N2S/c1-3-11-45(12-4-1)47-19-21-48(22-20-47)50-23-33-55(34-24-50)67(57-37-29-52(30-38-57)54-32-42-66-62(44-54)60-16-8-10-18-65(60)69-66)56-35-27-51(28-36-56)53-31-41-64-61(43-53)59-15-7-9-17-63(59)68(64)58-39-25-49(26-40-58)46-13-5-2-6-14-46/h1-44H. The highest BCUT2D eigenvalue weighted by Gasteiger charge is 2.17. The van der Waals surface area contributed by atoms with E-state index in [2.05, 4.69) is 276 Å². The van der Waals surface area contributed by atoms with Crippen molar-refractivity contribution in [2.75, 3.05) is 4.90 Å². The minimum Gasteiger partial charge on any atom is -0.311 e. The third kappa shape index (κ3) is 7.47. The van der Waals surface area contributed by atoms with Crippen molar-refractivity contribution in [2.45, 2.75) is 0 Å². The van der Waals surface area contributed by atoms with Gasteiger partial charge in [-0.3, -0.25) is 0 Å². The summed E-state index contributed by atoms with van der Waals surface area (Å²) >= 11 is 1.86. The molecule has 0 aliphatic rings. The van der Waals surface area contributed by atoms with Crippen molar-refractivity contribution < 1.29 is 0 Å². The zero-order valence-corrected chi connectivity index (χ0v) is 38.5. The van der Waals surface area contributed by atoms with Crippen LogP contribution in [0, 0.1) is 0 Å². The molecule has 13 rings (SSSR count). The van der Waals surface area contributed by atoms with Gasteiger partial charge in [0.1, 0.15) is 0 Å². The summed E-state index contributed by atoms with van der Waals surface area (Å²) in [5, 5.41) is 5.11. The Kier molecular flexibility index (Phi) is 10.1. The van der Waals surface area contributed by atoms with Gasteiger partial charge in [0.25, 0.3) is 0 Å². The number of para-hydroxylation sites is 1. The van der Waals surface area contributed by atoms with E-state index < -0.39 is 0 Å². The molecule has 0 aliphatic heterocycles. The zero-order chi connectivity index (χ0) is 45.7. The second-order valence-electron chi connectivity index (χ2n) is 17.7. The largest absolute Gasteiger partial charge is 0.311 e. The average Bonchev–Trinajstić information content (AvgIpc) is 3.97. The van der Waals surface area contributed by atoms with Gasteiger partial charge < -0.3 is 9.47 Å². The summed E-state index contributed by atoms with van der Waals surface area (Å²) in [6.07, 6.45) is 0. The molecule has 0 amide bonds. The molecule has 0 spiro atoms. The van der Waals surface area contributed by atoms with Crippen LogP contribution in [0.5, 0.6) is 0 Å². The number of aromatic nitrogens is 1. The summed E-state index contributed by atoms with van der Waals surface area (Å²) in [5.74, 6) is 0. The van der Waals surface area contributed by atoms with Crippen molar-refractivity contribution in [3.8, 4) is 61.3 Å². The highest BCUT2D eigenvalue weighted by Crippen LogP contribution is 2.41. The first kappa shape index (κ1) is 40.5. The molecule has 11 aromatic carbocycles. The van der Waals surface area contributed by atoms with Crippen LogP contribution in [0.15, 0.2) is 267 Å². The first-order valence-electron chi connectivity index (χ1n) is 23.6. The molecule has 0 unspecified atom stereocenters. The highest BCUT2D eigenvalue weighted by molar-refractivity contribution is 7.25. The summed E-state index contributed by atoms with van der Waals surface area (Å²) in [6, 6.07) is 97.3. The molecule has 2 heterocycles. The highest BCUT2D eigenvalue weighted by atomic mass is 32.1. The summed E-state index contributed by atoms with van der Waals surface area (Å²) in [5.41, 5.74) is 18.8. The summed E-state index contributed by atoms with van der Waals surface area (Å²) in [6.45, 7) is 0. The molecule has 0 atom stereocenters. The summed E-state index contributed by atoms with van der Waals surface area (Å²) < 4.78 is 5.03.